The first-order valence-corrected chi connectivity index (χ1v) is 9.90. The Morgan fingerprint density at radius 1 is 1.19 bits per heavy atom. The number of H-pyrrole nitrogens is 2. The van der Waals surface area contributed by atoms with Crippen molar-refractivity contribution in [2.45, 2.75) is 25.7 Å². The second-order valence-corrected chi connectivity index (χ2v) is 7.81. The predicted octanol–water partition coefficient (Wildman–Crippen LogP) is -0.388. The molecule has 3 aromatic rings. The van der Waals surface area contributed by atoms with Crippen LogP contribution in [0.1, 0.15) is 36.1 Å². The van der Waals surface area contributed by atoms with Crippen molar-refractivity contribution in [3.8, 4) is 23.4 Å². The number of hydrogen-bond donors (Lipinski definition) is 2. The van der Waals surface area contributed by atoms with Crippen LogP contribution in [0.2, 0.25) is 10.0 Å². The van der Waals surface area contributed by atoms with Crippen LogP contribution in [0.15, 0.2) is 14.4 Å². The molecule has 0 amide bonds. The quantitative estimate of drug-likeness (QED) is 0.500. The van der Waals surface area contributed by atoms with Gasteiger partial charge in [0.2, 0.25) is 11.6 Å². The van der Waals surface area contributed by atoms with Crippen LogP contribution in [0.3, 0.4) is 0 Å². The first-order chi connectivity index (χ1) is 15.1. The fourth-order valence-corrected chi connectivity index (χ4v) is 4.06. The number of ether oxygens (including phenoxy) is 1. The Hall–Kier alpha value is -3.29. The number of halogens is 2. The molecule has 4 radical (unpaired) electrons. The zero-order chi connectivity index (χ0) is 23.3. The number of nitriles is 1. The van der Waals surface area contributed by atoms with Gasteiger partial charge in [0.1, 0.15) is 21.8 Å². The van der Waals surface area contributed by atoms with Crippen LogP contribution in [0.5, 0.6) is 11.6 Å². The smallest absolute Gasteiger partial charge is 0.349 e. The Balaban J connectivity index is 1.90. The van der Waals surface area contributed by atoms with Crippen LogP contribution in [0.25, 0.3) is 5.69 Å². The molecule has 1 unspecified atom stereocenters. The summed E-state index contributed by atoms with van der Waals surface area (Å²) in [5, 5.41) is 18.6. The van der Waals surface area contributed by atoms with Crippen LogP contribution in [-0.4, -0.2) is 40.7 Å². The average molecular weight is 467 g/mol. The molecule has 0 saturated carbocycles. The van der Waals surface area contributed by atoms with Crippen molar-refractivity contribution in [3.05, 3.63) is 58.1 Å². The van der Waals surface area contributed by atoms with Gasteiger partial charge < -0.3 is 4.74 Å². The number of aromatic amines is 2. The lowest BCUT2D eigenvalue weighted by molar-refractivity contribution is 0.449. The zero-order valence-corrected chi connectivity index (χ0v) is 17.8. The molecule has 1 atom stereocenters. The van der Waals surface area contributed by atoms with Gasteiger partial charge in [-0.25, -0.2) is 9.89 Å². The molecule has 0 fully saturated rings. The Kier molecular flexibility index (Phi) is 5.48. The number of rotatable bonds is 3. The minimum absolute atomic E-state index is 0.0232. The molecule has 2 aromatic heterocycles. The summed E-state index contributed by atoms with van der Waals surface area (Å²) in [6.07, 6.45) is 1.31. The molecule has 4 rings (SSSR count). The van der Waals surface area contributed by atoms with Crippen LogP contribution in [0.4, 0.5) is 0 Å². The van der Waals surface area contributed by atoms with E-state index in [1.807, 2.05) is 11.9 Å². The molecular formula is C18H10B2Cl2N6O4. The van der Waals surface area contributed by atoms with E-state index in [1.54, 1.807) is 6.07 Å². The largest absolute Gasteiger partial charge is 0.434 e. The van der Waals surface area contributed by atoms with Crippen molar-refractivity contribution < 1.29 is 4.74 Å². The summed E-state index contributed by atoms with van der Waals surface area (Å²) >= 11 is 12.7. The highest BCUT2D eigenvalue weighted by Crippen LogP contribution is 2.39. The summed E-state index contributed by atoms with van der Waals surface area (Å²) in [6, 6.07) is 1.55. The predicted molar refractivity (Wildman–Crippen MR) is 118 cm³/mol. The second kappa shape index (κ2) is 8.00. The maximum atomic E-state index is 12.3. The van der Waals surface area contributed by atoms with E-state index in [4.69, 9.17) is 48.9 Å². The van der Waals surface area contributed by atoms with Gasteiger partial charge in [0.25, 0.3) is 11.1 Å². The van der Waals surface area contributed by atoms with E-state index in [0.717, 1.165) is 6.42 Å². The minimum atomic E-state index is -1.01. The lowest BCUT2D eigenvalue weighted by atomic mass is 9.84. The highest BCUT2D eigenvalue weighted by Gasteiger charge is 2.28. The molecule has 0 saturated heterocycles. The first kappa shape index (κ1) is 21.9. The third-order valence-electron chi connectivity index (χ3n) is 5.13. The normalized spacial score (nSPS) is 14.8. The molecule has 0 aliphatic heterocycles. The fraction of sp³-hybridized carbons (Fsp3) is 0.222. The summed E-state index contributed by atoms with van der Waals surface area (Å²) in [6.45, 7) is 1.92. The lowest BCUT2D eigenvalue weighted by Crippen LogP contribution is -2.39. The second-order valence-electron chi connectivity index (χ2n) is 7.06. The van der Waals surface area contributed by atoms with Crippen molar-refractivity contribution in [1.29, 1.82) is 5.26 Å². The molecule has 1 aliphatic carbocycles. The lowest BCUT2D eigenvalue weighted by Gasteiger charge is -2.19. The number of nitrogens with zero attached hydrogens (tertiary/aromatic N) is 4. The van der Waals surface area contributed by atoms with E-state index in [0.29, 0.717) is 22.2 Å². The molecule has 2 N–H and O–H groups in total. The summed E-state index contributed by atoms with van der Waals surface area (Å²) < 4.78 is 6.42. The Labute approximate surface area is 192 Å². The maximum Gasteiger partial charge on any atom is 0.349 e. The van der Waals surface area contributed by atoms with Gasteiger partial charge in [-0.1, -0.05) is 30.1 Å². The van der Waals surface area contributed by atoms with Gasteiger partial charge in [-0.05, 0) is 29.7 Å². The summed E-state index contributed by atoms with van der Waals surface area (Å²) in [5.74, 6) is -0.0353. The van der Waals surface area contributed by atoms with Crippen LogP contribution in [0, 0.1) is 11.3 Å². The van der Waals surface area contributed by atoms with Gasteiger partial charge in [0, 0.05) is 11.1 Å². The van der Waals surface area contributed by atoms with Crippen molar-refractivity contribution in [1.82, 2.24) is 25.0 Å². The number of hydrogen-bond acceptors (Lipinski definition) is 7. The van der Waals surface area contributed by atoms with E-state index in [9.17, 15) is 14.4 Å². The average Bonchev–Trinajstić information content (AvgIpc) is 3.15. The van der Waals surface area contributed by atoms with E-state index < -0.39 is 16.9 Å². The molecule has 0 bridgehead atoms. The standard InChI is InChI=1S/C18H10B2Cl2N6O4/c1-5-2-3-6-8(5)16(30)25-26-17(6)32-14-11(21)9(19)13(10(20)12(14)22)28-18(31)24-15(29)7(4-23)27-28/h5H,2-3H2,1H3,(H,25,30)(H,24,29,31). The number of nitrogens with one attached hydrogen (secondary N) is 2. The van der Waals surface area contributed by atoms with E-state index in [-0.39, 0.29) is 49.8 Å². The Morgan fingerprint density at radius 3 is 2.47 bits per heavy atom. The molecule has 0 spiro atoms. The summed E-state index contributed by atoms with van der Waals surface area (Å²) in [5.41, 5.74) is -2.44. The summed E-state index contributed by atoms with van der Waals surface area (Å²) in [7, 11) is 12.2. The van der Waals surface area contributed by atoms with Gasteiger partial charge >= 0.3 is 5.69 Å². The highest BCUT2D eigenvalue weighted by molar-refractivity contribution is 6.55. The highest BCUT2D eigenvalue weighted by atomic mass is 35.5. The van der Waals surface area contributed by atoms with Gasteiger partial charge in [-0.2, -0.15) is 9.94 Å². The third kappa shape index (κ3) is 3.34. The van der Waals surface area contributed by atoms with Gasteiger partial charge in [-0.15, -0.1) is 10.2 Å². The van der Waals surface area contributed by atoms with Crippen molar-refractivity contribution >= 4 is 49.8 Å². The fourth-order valence-electron chi connectivity index (χ4n) is 3.57. The number of aromatic nitrogens is 5. The Morgan fingerprint density at radius 2 is 1.84 bits per heavy atom. The van der Waals surface area contributed by atoms with Crippen molar-refractivity contribution in [2.75, 3.05) is 0 Å². The summed E-state index contributed by atoms with van der Waals surface area (Å²) in [4.78, 5) is 38.0. The van der Waals surface area contributed by atoms with Gasteiger partial charge in [0.15, 0.2) is 5.75 Å². The van der Waals surface area contributed by atoms with Gasteiger partial charge in [0.05, 0.1) is 15.7 Å². The number of benzene rings is 1. The molecule has 32 heavy (non-hydrogen) atoms. The van der Waals surface area contributed by atoms with E-state index in [1.165, 1.54) is 0 Å². The van der Waals surface area contributed by atoms with Crippen molar-refractivity contribution in [3.63, 3.8) is 0 Å². The van der Waals surface area contributed by atoms with Gasteiger partial charge in [-0.3, -0.25) is 14.6 Å². The third-order valence-corrected chi connectivity index (χ3v) is 5.88. The SMILES string of the molecule is [B]c1c(Cl)c(Oc2n[nH]c(=O)c3c2CCC3C)c(Cl)c([B])c1-n1nc(C#N)c(=O)[nH]c1=O. The zero-order valence-electron chi connectivity index (χ0n) is 16.3. The molecule has 1 aliphatic rings. The van der Waals surface area contributed by atoms with Crippen LogP contribution in [-0.2, 0) is 6.42 Å². The Bertz CT molecular complexity index is 1480. The minimum Gasteiger partial charge on any atom is -0.434 e. The van der Waals surface area contributed by atoms with E-state index >= 15 is 0 Å². The molecule has 10 nitrogen and oxygen atoms in total. The van der Waals surface area contributed by atoms with Crippen molar-refractivity contribution in [2.24, 2.45) is 0 Å². The molecule has 14 heteroatoms. The monoisotopic (exact) mass is 466 g/mol. The molecule has 2 heterocycles. The molecule has 1 aromatic carbocycles. The number of fused-ring (bicyclic) bond motifs is 1. The maximum absolute atomic E-state index is 12.3. The van der Waals surface area contributed by atoms with E-state index in [2.05, 4.69) is 15.3 Å². The first-order valence-electron chi connectivity index (χ1n) is 9.15. The van der Waals surface area contributed by atoms with Crippen LogP contribution >= 0.6 is 23.2 Å². The topological polar surface area (TPSA) is 147 Å². The molecular weight excluding hydrogens is 457 g/mol. The van der Waals surface area contributed by atoms with Crippen LogP contribution < -0.4 is 32.5 Å². The molecule has 156 valence electrons.